The van der Waals surface area contributed by atoms with E-state index in [9.17, 15) is 18.0 Å². The minimum Gasteiger partial charge on any atom is -0.381 e. The van der Waals surface area contributed by atoms with Gasteiger partial charge in [0, 0.05) is 29.7 Å². The van der Waals surface area contributed by atoms with Gasteiger partial charge in [0.25, 0.3) is 5.91 Å². The normalized spacial score (nSPS) is 17.5. The number of hydrogen-bond acceptors (Lipinski definition) is 4. The Morgan fingerprint density at radius 1 is 1.43 bits per heavy atom. The van der Waals surface area contributed by atoms with Crippen molar-refractivity contribution in [2.75, 3.05) is 24.8 Å². The average Bonchev–Trinajstić information content (AvgIpc) is 2.99. The Kier molecular flexibility index (Phi) is 6.34. The third-order valence-corrected chi connectivity index (χ3v) is 5.36. The summed E-state index contributed by atoms with van der Waals surface area (Å²) in [6, 6.07) is 6.97. The van der Waals surface area contributed by atoms with E-state index in [1.807, 2.05) is 12.3 Å². The molecule has 1 fully saturated rings. The average molecular weight is 413 g/mol. The molecule has 1 unspecified atom stereocenters. The van der Waals surface area contributed by atoms with E-state index >= 15 is 0 Å². The summed E-state index contributed by atoms with van der Waals surface area (Å²) in [4.78, 5) is 13.7. The largest absolute Gasteiger partial charge is 0.420 e. The van der Waals surface area contributed by atoms with Crippen molar-refractivity contribution in [2.24, 2.45) is 5.92 Å². The zero-order chi connectivity index (χ0) is 20.3. The molecular weight excluding hydrogens is 391 g/mol. The lowest BCUT2D eigenvalue weighted by Crippen LogP contribution is -2.27. The SMILES string of the molecule is CSc1cccc(NC(=O)c2c(C(F)(F)F)c(C)nn2CC2CCCOC2)c1. The molecule has 2 heterocycles. The first-order valence-corrected chi connectivity index (χ1v) is 10.2. The van der Waals surface area contributed by atoms with E-state index in [1.54, 1.807) is 18.2 Å². The molecule has 1 aromatic carbocycles. The third kappa shape index (κ3) is 4.70. The first-order valence-electron chi connectivity index (χ1n) is 8.97. The monoisotopic (exact) mass is 413 g/mol. The number of amides is 1. The van der Waals surface area contributed by atoms with Crippen LogP contribution in [-0.2, 0) is 17.5 Å². The van der Waals surface area contributed by atoms with Gasteiger partial charge in [-0.1, -0.05) is 6.07 Å². The predicted molar refractivity (Wildman–Crippen MR) is 102 cm³/mol. The minimum atomic E-state index is -4.67. The van der Waals surface area contributed by atoms with Crippen molar-refractivity contribution in [3.8, 4) is 0 Å². The Labute approximate surface area is 165 Å². The number of thioether (sulfide) groups is 1. The van der Waals surface area contributed by atoms with Gasteiger partial charge in [-0.05, 0) is 44.2 Å². The summed E-state index contributed by atoms with van der Waals surface area (Å²) in [5.74, 6) is -0.789. The number of halogens is 3. The Bertz CT molecular complexity index is 845. The molecule has 1 aromatic heterocycles. The maximum absolute atomic E-state index is 13.7. The summed E-state index contributed by atoms with van der Waals surface area (Å²) in [7, 11) is 0. The van der Waals surface area contributed by atoms with E-state index in [1.165, 1.54) is 23.4 Å². The summed E-state index contributed by atoms with van der Waals surface area (Å²) >= 11 is 1.48. The predicted octanol–water partition coefficient (Wildman–Crippen LogP) is 4.61. The molecule has 5 nitrogen and oxygen atoms in total. The van der Waals surface area contributed by atoms with Crippen LogP contribution >= 0.6 is 11.8 Å². The lowest BCUT2D eigenvalue weighted by Gasteiger charge is -2.22. The van der Waals surface area contributed by atoms with Gasteiger partial charge in [-0.2, -0.15) is 18.3 Å². The van der Waals surface area contributed by atoms with Gasteiger partial charge in [0.05, 0.1) is 12.3 Å². The van der Waals surface area contributed by atoms with E-state index in [0.29, 0.717) is 18.9 Å². The van der Waals surface area contributed by atoms with Gasteiger partial charge in [0.2, 0.25) is 0 Å². The van der Waals surface area contributed by atoms with Crippen molar-refractivity contribution in [2.45, 2.75) is 37.4 Å². The quantitative estimate of drug-likeness (QED) is 0.728. The smallest absolute Gasteiger partial charge is 0.381 e. The standard InChI is InChI=1S/C19H22F3N3O2S/c1-12-16(19(20,21)22)17(25(24-12)10-13-5-4-8-27-11-13)18(26)23-14-6-3-7-15(9-14)28-2/h3,6-7,9,13H,4-5,8,10-11H2,1-2H3,(H,23,26). The fourth-order valence-corrected chi connectivity index (χ4v) is 3.83. The van der Waals surface area contributed by atoms with E-state index in [-0.39, 0.29) is 18.2 Å². The highest BCUT2D eigenvalue weighted by Crippen LogP contribution is 2.35. The van der Waals surface area contributed by atoms with Gasteiger partial charge < -0.3 is 10.1 Å². The Hall–Kier alpha value is -2.00. The molecule has 0 saturated carbocycles. The summed E-state index contributed by atoms with van der Waals surface area (Å²) in [6.45, 7) is 2.60. The highest BCUT2D eigenvalue weighted by atomic mass is 32.2. The summed E-state index contributed by atoms with van der Waals surface area (Å²) < 4.78 is 47.6. The third-order valence-electron chi connectivity index (χ3n) is 4.64. The number of aromatic nitrogens is 2. The van der Waals surface area contributed by atoms with Crippen molar-refractivity contribution in [1.29, 1.82) is 0 Å². The van der Waals surface area contributed by atoms with Crippen LogP contribution in [0.4, 0.5) is 18.9 Å². The fraction of sp³-hybridized carbons (Fsp3) is 0.474. The molecule has 1 amide bonds. The molecule has 152 valence electrons. The molecule has 3 rings (SSSR count). The van der Waals surface area contributed by atoms with Crippen LogP contribution in [0.15, 0.2) is 29.2 Å². The molecule has 0 radical (unpaired) electrons. The number of nitrogens with one attached hydrogen (secondary N) is 1. The Balaban J connectivity index is 1.94. The van der Waals surface area contributed by atoms with Gasteiger partial charge in [-0.25, -0.2) is 0 Å². The number of carbonyl (C=O) groups is 1. The molecule has 1 aliphatic heterocycles. The highest BCUT2D eigenvalue weighted by molar-refractivity contribution is 7.98. The number of rotatable bonds is 5. The van der Waals surface area contributed by atoms with Crippen LogP contribution in [0.2, 0.25) is 0 Å². The van der Waals surface area contributed by atoms with Crippen LogP contribution in [0.25, 0.3) is 0 Å². The second kappa shape index (κ2) is 8.57. The van der Waals surface area contributed by atoms with Crippen LogP contribution < -0.4 is 5.32 Å². The lowest BCUT2D eigenvalue weighted by molar-refractivity contribution is -0.138. The number of aryl methyl sites for hydroxylation is 1. The second-order valence-electron chi connectivity index (χ2n) is 6.76. The maximum Gasteiger partial charge on any atom is 0.420 e. The van der Waals surface area contributed by atoms with Crippen molar-refractivity contribution in [3.05, 3.63) is 41.2 Å². The summed E-state index contributed by atoms with van der Waals surface area (Å²) in [5, 5.41) is 6.64. The Morgan fingerprint density at radius 3 is 2.86 bits per heavy atom. The van der Waals surface area contributed by atoms with Gasteiger partial charge in [0.1, 0.15) is 11.3 Å². The fourth-order valence-electron chi connectivity index (χ4n) is 3.37. The van der Waals surface area contributed by atoms with Gasteiger partial charge in [0.15, 0.2) is 0 Å². The molecule has 1 aliphatic rings. The van der Waals surface area contributed by atoms with Crippen LogP contribution in [0.5, 0.6) is 0 Å². The number of nitrogens with zero attached hydrogens (tertiary/aromatic N) is 2. The molecule has 2 aromatic rings. The van der Waals surface area contributed by atoms with Crippen LogP contribution in [-0.4, -0.2) is 35.2 Å². The van der Waals surface area contributed by atoms with Gasteiger partial charge in [-0.15, -0.1) is 11.8 Å². The molecule has 1 N–H and O–H groups in total. The maximum atomic E-state index is 13.7. The molecule has 28 heavy (non-hydrogen) atoms. The molecule has 1 saturated heterocycles. The molecule has 0 spiro atoms. The minimum absolute atomic E-state index is 0.0282. The van der Waals surface area contributed by atoms with E-state index < -0.39 is 23.3 Å². The number of ether oxygens (including phenoxy) is 1. The van der Waals surface area contributed by atoms with Gasteiger partial charge >= 0.3 is 6.18 Å². The zero-order valence-electron chi connectivity index (χ0n) is 15.7. The lowest BCUT2D eigenvalue weighted by atomic mass is 10.0. The van der Waals surface area contributed by atoms with Crippen molar-refractivity contribution >= 4 is 23.4 Å². The van der Waals surface area contributed by atoms with Crippen molar-refractivity contribution in [3.63, 3.8) is 0 Å². The van der Waals surface area contributed by atoms with E-state index in [4.69, 9.17) is 4.74 Å². The van der Waals surface area contributed by atoms with Crippen LogP contribution in [0, 0.1) is 12.8 Å². The molecule has 0 aliphatic carbocycles. The molecule has 1 atom stereocenters. The highest BCUT2D eigenvalue weighted by Gasteiger charge is 2.41. The first-order chi connectivity index (χ1) is 13.3. The van der Waals surface area contributed by atoms with E-state index in [2.05, 4.69) is 10.4 Å². The number of benzene rings is 1. The number of hydrogen-bond donors (Lipinski definition) is 1. The zero-order valence-corrected chi connectivity index (χ0v) is 16.5. The van der Waals surface area contributed by atoms with Gasteiger partial charge in [-0.3, -0.25) is 9.48 Å². The van der Waals surface area contributed by atoms with E-state index in [0.717, 1.165) is 17.7 Å². The van der Waals surface area contributed by atoms with Crippen LogP contribution in [0.1, 0.15) is 34.6 Å². The second-order valence-corrected chi connectivity index (χ2v) is 7.64. The molecule has 0 bridgehead atoms. The number of carbonyl (C=O) groups excluding carboxylic acids is 1. The van der Waals surface area contributed by atoms with Crippen molar-refractivity contribution < 1.29 is 22.7 Å². The summed E-state index contributed by atoms with van der Waals surface area (Å²) in [5.41, 5.74) is -1.20. The topological polar surface area (TPSA) is 56.2 Å². The Morgan fingerprint density at radius 2 is 2.21 bits per heavy atom. The van der Waals surface area contributed by atoms with Crippen LogP contribution in [0.3, 0.4) is 0 Å². The van der Waals surface area contributed by atoms with Crippen molar-refractivity contribution in [1.82, 2.24) is 9.78 Å². The first kappa shape index (κ1) is 20.7. The number of anilines is 1. The summed E-state index contributed by atoms with van der Waals surface area (Å²) in [6.07, 6.45) is -1.11. The molecular formula is C19H22F3N3O2S. The number of alkyl halides is 3. The molecule has 9 heteroatoms.